The molecule has 0 saturated carbocycles. The van der Waals surface area contributed by atoms with E-state index in [2.05, 4.69) is 53.8 Å². The summed E-state index contributed by atoms with van der Waals surface area (Å²) in [6, 6.07) is 28.8. The smallest absolute Gasteiger partial charge is 0.133 e. The fourth-order valence-corrected chi connectivity index (χ4v) is 3.98. The Morgan fingerprint density at radius 3 is 2.10 bits per heavy atom. The van der Waals surface area contributed by atoms with Gasteiger partial charge < -0.3 is 14.8 Å². The van der Waals surface area contributed by atoms with E-state index in [4.69, 9.17) is 14.5 Å². The first kappa shape index (κ1) is 18.3. The van der Waals surface area contributed by atoms with Gasteiger partial charge in [0.15, 0.2) is 0 Å². The number of hydrogen-bond acceptors (Lipinski definition) is 4. The number of aliphatic imine (C=N–C) groups is 1. The van der Waals surface area contributed by atoms with Crippen molar-refractivity contribution in [1.82, 2.24) is 0 Å². The molecule has 4 nitrogen and oxygen atoms in total. The van der Waals surface area contributed by atoms with Gasteiger partial charge in [-0.15, -0.1) is 0 Å². The summed E-state index contributed by atoms with van der Waals surface area (Å²) in [5, 5.41) is 5.97. The van der Waals surface area contributed by atoms with Crippen LogP contribution in [0.25, 0.3) is 10.8 Å². The van der Waals surface area contributed by atoms with Crippen molar-refractivity contribution in [3.05, 3.63) is 102 Å². The number of anilines is 1. The lowest BCUT2D eigenvalue weighted by Gasteiger charge is -2.27. The number of rotatable bonds is 4. The maximum Gasteiger partial charge on any atom is 0.133 e. The molecular weight excluding hydrogens is 372 g/mol. The normalized spacial score (nSPS) is 15.1. The third-order valence-electron chi connectivity index (χ3n) is 5.55. The molecule has 0 unspecified atom stereocenters. The van der Waals surface area contributed by atoms with Gasteiger partial charge in [0, 0.05) is 16.8 Å². The van der Waals surface area contributed by atoms with Crippen LogP contribution >= 0.6 is 0 Å². The van der Waals surface area contributed by atoms with Gasteiger partial charge in [0.2, 0.25) is 0 Å². The predicted molar refractivity (Wildman–Crippen MR) is 122 cm³/mol. The minimum absolute atomic E-state index is 0.115. The van der Waals surface area contributed by atoms with Gasteiger partial charge in [-0.1, -0.05) is 42.5 Å². The summed E-state index contributed by atoms with van der Waals surface area (Å²) in [7, 11) is 3.36. The van der Waals surface area contributed by atoms with Crippen LogP contribution in [0.15, 0.2) is 89.9 Å². The van der Waals surface area contributed by atoms with Gasteiger partial charge in [-0.3, -0.25) is 4.99 Å². The highest BCUT2D eigenvalue weighted by molar-refractivity contribution is 6.11. The van der Waals surface area contributed by atoms with Crippen molar-refractivity contribution >= 4 is 22.3 Å². The average Bonchev–Trinajstić information content (AvgIpc) is 2.83. The third-order valence-corrected chi connectivity index (χ3v) is 5.55. The quantitative estimate of drug-likeness (QED) is 0.474. The molecule has 0 amide bonds. The van der Waals surface area contributed by atoms with Crippen LogP contribution in [0.2, 0.25) is 0 Å². The van der Waals surface area contributed by atoms with E-state index in [0.29, 0.717) is 0 Å². The molecular formula is C26H22N2O2. The predicted octanol–water partition coefficient (Wildman–Crippen LogP) is 5.82. The number of benzene rings is 4. The van der Waals surface area contributed by atoms with Gasteiger partial charge in [0.05, 0.1) is 14.2 Å². The van der Waals surface area contributed by atoms with E-state index < -0.39 is 0 Å². The van der Waals surface area contributed by atoms with Gasteiger partial charge in [-0.25, -0.2) is 0 Å². The van der Waals surface area contributed by atoms with Gasteiger partial charge in [-0.2, -0.15) is 0 Å². The monoisotopic (exact) mass is 394 g/mol. The highest BCUT2D eigenvalue weighted by Gasteiger charge is 2.26. The molecule has 0 radical (unpaired) electrons. The number of ether oxygens (including phenoxy) is 2. The van der Waals surface area contributed by atoms with Crippen molar-refractivity contribution < 1.29 is 9.47 Å². The van der Waals surface area contributed by atoms with E-state index in [0.717, 1.165) is 34.1 Å². The summed E-state index contributed by atoms with van der Waals surface area (Å²) in [5.74, 6) is 2.51. The van der Waals surface area contributed by atoms with Crippen LogP contribution < -0.4 is 14.8 Å². The van der Waals surface area contributed by atoms with E-state index in [1.165, 1.54) is 16.3 Å². The molecule has 4 aromatic carbocycles. The first-order valence-corrected chi connectivity index (χ1v) is 9.91. The molecule has 0 spiro atoms. The van der Waals surface area contributed by atoms with E-state index in [1.54, 1.807) is 14.2 Å². The van der Waals surface area contributed by atoms with Crippen LogP contribution in [0.3, 0.4) is 0 Å². The second kappa shape index (κ2) is 7.56. The molecule has 0 fully saturated rings. The van der Waals surface area contributed by atoms with Crippen LogP contribution in [0.1, 0.15) is 22.7 Å². The van der Waals surface area contributed by atoms with Crippen LogP contribution in [-0.4, -0.2) is 20.1 Å². The Kier molecular flexibility index (Phi) is 4.60. The first-order chi connectivity index (χ1) is 14.8. The summed E-state index contributed by atoms with van der Waals surface area (Å²) in [4.78, 5) is 5.15. The molecule has 1 heterocycles. The third kappa shape index (κ3) is 3.16. The van der Waals surface area contributed by atoms with Crippen molar-refractivity contribution in [2.75, 3.05) is 19.5 Å². The fourth-order valence-electron chi connectivity index (χ4n) is 3.98. The highest BCUT2D eigenvalue weighted by Crippen LogP contribution is 2.41. The molecule has 5 rings (SSSR count). The zero-order valence-corrected chi connectivity index (χ0v) is 16.9. The fraction of sp³-hybridized carbons (Fsp3) is 0.115. The summed E-state index contributed by atoms with van der Waals surface area (Å²) in [6.07, 6.45) is 0. The second-order valence-electron chi connectivity index (χ2n) is 7.25. The van der Waals surface area contributed by atoms with Crippen molar-refractivity contribution in [2.45, 2.75) is 6.04 Å². The number of fused-ring (bicyclic) bond motifs is 3. The minimum atomic E-state index is -0.115. The Hall–Kier alpha value is -3.79. The molecule has 0 bridgehead atoms. The van der Waals surface area contributed by atoms with E-state index in [-0.39, 0.29) is 6.04 Å². The lowest BCUT2D eigenvalue weighted by Crippen LogP contribution is -2.22. The van der Waals surface area contributed by atoms with Crippen molar-refractivity contribution in [3.8, 4) is 11.5 Å². The van der Waals surface area contributed by atoms with Gasteiger partial charge in [0.25, 0.3) is 0 Å². The minimum Gasteiger partial charge on any atom is -0.497 e. The SMILES string of the molecule is COc1ccc(C2=N[C@H](c3ccc(OC)cc3)c3c(ccc4ccccc34)N2)cc1. The average molecular weight is 394 g/mol. The molecule has 0 aromatic heterocycles. The lowest BCUT2D eigenvalue weighted by molar-refractivity contribution is 0.414. The Bertz CT molecular complexity index is 1230. The molecule has 4 heteroatoms. The number of methoxy groups -OCH3 is 2. The Morgan fingerprint density at radius 1 is 0.733 bits per heavy atom. The Labute approximate surface area is 175 Å². The molecule has 0 saturated heterocycles. The molecule has 1 aliphatic heterocycles. The molecule has 1 atom stereocenters. The molecule has 30 heavy (non-hydrogen) atoms. The maximum atomic E-state index is 5.35. The molecule has 1 aliphatic rings. The van der Waals surface area contributed by atoms with Crippen LogP contribution in [0.4, 0.5) is 5.69 Å². The maximum absolute atomic E-state index is 5.35. The zero-order valence-electron chi connectivity index (χ0n) is 16.9. The summed E-state index contributed by atoms with van der Waals surface area (Å²) in [6.45, 7) is 0. The van der Waals surface area contributed by atoms with Gasteiger partial charge in [0.1, 0.15) is 23.4 Å². The van der Waals surface area contributed by atoms with E-state index in [1.807, 2.05) is 36.4 Å². The number of nitrogens with one attached hydrogen (secondary N) is 1. The van der Waals surface area contributed by atoms with Gasteiger partial charge in [-0.05, 0) is 58.8 Å². The Balaban J connectivity index is 1.68. The summed E-state index contributed by atoms with van der Waals surface area (Å²) >= 11 is 0. The van der Waals surface area contributed by atoms with Crippen LogP contribution in [-0.2, 0) is 0 Å². The largest absolute Gasteiger partial charge is 0.497 e. The number of nitrogens with zero attached hydrogens (tertiary/aromatic N) is 1. The Morgan fingerprint density at radius 2 is 1.40 bits per heavy atom. The van der Waals surface area contributed by atoms with Crippen LogP contribution in [0.5, 0.6) is 11.5 Å². The number of amidine groups is 1. The van der Waals surface area contributed by atoms with Crippen molar-refractivity contribution in [1.29, 1.82) is 0 Å². The molecule has 0 aliphatic carbocycles. The molecule has 1 N–H and O–H groups in total. The summed E-state index contributed by atoms with van der Waals surface area (Å²) < 4.78 is 10.6. The standard InChI is InChI=1S/C26H22N2O2/c1-29-20-12-7-18(8-13-20)25-24-22-6-4-3-5-17(22)11-16-23(24)27-26(28-25)19-9-14-21(30-2)15-10-19/h3-16,25H,1-2H3,(H,27,28)/t25-/m1/s1. The molecule has 4 aromatic rings. The first-order valence-electron chi connectivity index (χ1n) is 9.91. The summed E-state index contributed by atoms with van der Waals surface area (Å²) in [5.41, 5.74) is 4.42. The van der Waals surface area contributed by atoms with Crippen LogP contribution in [0, 0.1) is 0 Å². The van der Waals surface area contributed by atoms with E-state index >= 15 is 0 Å². The number of hydrogen-bond donors (Lipinski definition) is 1. The van der Waals surface area contributed by atoms with E-state index in [9.17, 15) is 0 Å². The lowest BCUT2D eigenvalue weighted by atomic mass is 9.91. The highest BCUT2D eigenvalue weighted by atomic mass is 16.5. The topological polar surface area (TPSA) is 42.9 Å². The van der Waals surface area contributed by atoms with Crippen molar-refractivity contribution in [2.24, 2.45) is 4.99 Å². The molecule has 148 valence electrons. The van der Waals surface area contributed by atoms with Crippen molar-refractivity contribution in [3.63, 3.8) is 0 Å². The second-order valence-corrected chi connectivity index (χ2v) is 7.25. The zero-order chi connectivity index (χ0) is 20.5. The van der Waals surface area contributed by atoms with Gasteiger partial charge >= 0.3 is 0 Å².